The van der Waals surface area contributed by atoms with Crippen molar-refractivity contribution in [1.82, 2.24) is 9.46 Å². The fourth-order valence-corrected chi connectivity index (χ4v) is 7.71. The van der Waals surface area contributed by atoms with Crippen molar-refractivity contribution in [3.63, 3.8) is 0 Å². The Labute approximate surface area is 304 Å². The van der Waals surface area contributed by atoms with Crippen LogP contribution in [0.25, 0.3) is 11.1 Å². The zero-order valence-corrected chi connectivity index (χ0v) is 30.0. The monoisotopic (exact) mass is 691 g/mol. The van der Waals surface area contributed by atoms with Gasteiger partial charge in [-0.1, -0.05) is 53.6 Å². The fourth-order valence-electron chi connectivity index (χ4n) is 7.71. The number of para-hydroxylation sites is 1. The van der Waals surface area contributed by atoms with E-state index in [1.807, 2.05) is 100 Å². The first-order valence-electron chi connectivity index (χ1n) is 17.2. The van der Waals surface area contributed by atoms with Crippen molar-refractivity contribution in [3.05, 3.63) is 176 Å². The van der Waals surface area contributed by atoms with Gasteiger partial charge in [-0.15, -0.1) is 0 Å². The Morgan fingerprint density at radius 2 is 1.44 bits per heavy atom. The maximum Gasteiger partial charge on any atom is 0.934 e. The highest BCUT2D eigenvalue weighted by molar-refractivity contribution is 6.34. The molecule has 1 N–H and O–H groups in total. The Balaban J connectivity index is 1.49. The SMILES string of the molecule is Cc1cc(C)c(/C(=C2\C=C(N(c3ccccc3)c3cc(/C(=C4/C=CC=N4)c4c(C)cc(C)cc4C)n([B]F)c3)C=[N+]2B(F)F)c2ccc[nH]2)c(C)c1. The number of aromatic amines is 1. The Hall–Kier alpha value is -5.76. The third kappa shape index (κ3) is 6.34. The van der Waals surface area contributed by atoms with E-state index in [0.29, 0.717) is 41.7 Å². The predicted molar refractivity (Wildman–Crippen MR) is 209 cm³/mol. The second-order valence-corrected chi connectivity index (χ2v) is 13.4. The highest BCUT2D eigenvalue weighted by atomic mass is 19.2. The number of nitrogens with one attached hydrogen (secondary N) is 1. The van der Waals surface area contributed by atoms with E-state index in [0.717, 1.165) is 65.9 Å². The molecule has 257 valence electrons. The number of aromatic nitrogens is 2. The number of allylic oxidation sites excluding steroid dienone is 4. The molecule has 0 atom stereocenters. The van der Waals surface area contributed by atoms with E-state index in [9.17, 15) is 0 Å². The standard InChI is InChI=1S/C42H37B2F3N5/c1-26-18-28(3)39(29(4)19-26)41(35-14-10-16-48-35)37-22-33(24-50(37)43-45)52(32-12-8-7-9-13-32)34-23-38(51(25-34)44(46)47)42(36-15-11-17-49-36)40-30(5)20-27(2)21-31(40)6/h7-25H,1-6H3/p+1/b41-35+. The van der Waals surface area contributed by atoms with Crippen LogP contribution in [0.4, 0.5) is 24.3 Å². The minimum Gasteiger partial charge on any atom is -0.362 e. The molecule has 4 heterocycles. The number of nitrogens with zero attached hydrogens (tertiary/aromatic N) is 4. The van der Waals surface area contributed by atoms with Crippen LogP contribution < -0.4 is 4.90 Å². The van der Waals surface area contributed by atoms with Crippen molar-refractivity contribution in [1.29, 1.82) is 0 Å². The van der Waals surface area contributed by atoms with Crippen LogP contribution in [-0.2, 0) is 0 Å². The number of hydrogen-bond donors (Lipinski definition) is 1. The highest BCUT2D eigenvalue weighted by Gasteiger charge is 2.43. The molecule has 0 unspecified atom stereocenters. The molecule has 7 rings (SSSR count). The molecular weight excluding hydrogens is 653 g/mol. The molecule has 0 saturated carbocycles. The molecule has 2 aromatic heterocycles. The van der Waals surface area contributed by atoms with Gasteiger partial charge in [0, 0.05) is 41.6 Å². The lowest BCUT2D eigenvalue weighted by Gasteiger charge is -2.22. The van der Waals surface area contributed by atoms with Gasteiger partial charge in [-0.3, -0.25) is 4.99 Å². The topological polar surface area (TPSA) is 39.3 Å². The van der Waals surface area contributed by atoms with Crippen molar-refractivity contribution in [2.24, 2.45) is 4.99 Å². The summed E-state index contributed by atoms with van der Waals surface area (Å²) in [6.07, 6.45) is 12.3. The first-order chi connectivity index (χ1) is 25.0. The lowest BCUT2D eigenvalue weighted by molar-refractivity contribution is -0.335. The first-order valence-corrected chi connectivity index (χ1v) is 17.2. The number of aryl methyl sites for hydroxylation is 6. The molecule has 0 spiro atoms. The third-order valence-corrected chi connectivity index (χ3v) is 9.56. The Morgan fingerprint density at radius 3 is 1.98 bits per heavy atom. The van der Waals surface area contributed by atoms with Crippen LogP contribution in [0.15, 0.2) is 126 Å². The number of aliphatic imine (C=N–C) groups is 1. The number of hydrogen-bond acceptors (Lipinski definition) is 2. The molecule has 0 amide bonds. The summed E-state index contributed by atoms with van der Waals surface area (Å²) in [5.41, 5.74) is 13.7. The lowest BCUT2D eigenvalue weighted by Crippen LogP contribution is -2.23. The molecule has 10 heteroatoms. The van der Waals surface area contributed by atoms with Gasteiger partial charge in [-0.2, -0.15) is 0 Å². The molecule has 5 nitrogen and oxygen atoms in total. The molecule has 3 aromatic carbocycles. The Morgan fingerprint density at radius 1 is 0.808 bits per heavy atom. The van der Waals surface area contributed by atoms with E-state index in [-0.39, 0.29) is 0 Å². The number of anilines is 2. The largest absolute Gasteiger partial charge is 0.934 e. The van der Waals surface area contributed by atoms with Gasteiger partial charge in [0.15, 0.2) is 11.9 Å². The average Bonchev–Trinajstić information content (AvgIpc) is 3.93. The molecule has 0 fully saturated rings. The summed E-state index contributed by atoms with van der Waals surface area (Å²) in [5, 5.41) is 0. The summed E-state index contributed by atoms with van der Waals surface area (Å²) in [5.74, 6) is 0. The molecule has 5 aromatic rings. The summed E-state index contributed by atoms with van der Waals surface area (Å²) < 4.78 is 48.0. The molecular formula is C42H38B2F3N5+. The van der Waals surface area contributed by atoms with Crippen molar-refractivity contribution in [3.8, 4) is 0 Å². The number of H-pyrrole nitrogens is 1. The highest BCUT2D eigenvalue weighted by Crippen LogP contribution is 2.41. The molecule has 52 heavy (non-hydrogen) atoms. The van der Waals surface area contributed by atoms with Gasteiger partial charge in [0.2, 0.25) is 0 Å². The summed E-state index contributed by atoms with van der Waals surface area (Å²) >= 11 is 0. The van der Waals surface area contributed by atoms with Crippen LogP contribution in [-0.4, -0.2) is 41.5 Å². The minimum absolute atomic E-state index is 0.347. The summed E-state index contributed by atoms with van der Waals surface area (Å²) in [6, 6.07) is 23.6. The van der Waals surface area contributed by atoms with Crippen molar-refractivity contribution in [2.75, 3.05) is 4.90 Å². The van der Waals surface area contributed by atoms with Gasteiger partial charge >= 0.3 is 15.1 Å². The average molecular weight is 691 g/mol. The quantitative estimate of drug-likeness (QED) is 0.154. The molecule has 0 aliphatic carbocycles. The smallest absolute Gasteiger partial charge is 0.362 e. The van der Waals surface area contributed by atoms with Crippen LogP contribution in [0.5, 0.6) is 0 Å². The van der Waals surface area contributed by atoms with E-state index < -0.39 is 7.40 Å². The van der Waals surface area contributed by atoms with Crippen molar-refractivity contribution < 1.29 is 17.4 Å². The van der Waals surface area contributed by atoms with Gasteiger partial charge in [0.1, 0.15) is 5.70 Å². The molecule has 2 aliphatic heterocycles. The van der Waals surface area contributed by atoms with Gasteiger partial charge in [-0.05, 0) is 117 Å². The van der Waals surface area contributed by atoms with E-state index in [1.165, 1.54) is 10.7 Å². The molecule has 1 radical (unpaired) electrons. The number of halogens is 3. The molecule has 0 saturated heterocycles. The van der Waals surface area contributed by atoms with Gasteiger partial charge < -0.3 is 18.7 Å². The summed E-state index contributed by atoms with van der Waals surface area (Å²) in [4.78, 5) is 9.82. The van der Waals surface area contributed by atoms with E-state index in [2.05, 4.69) is 41.2 Å². The van der Waals surface area contributed by atoms with E-state index >= 15 is 12.9 Å². The summed E-state index contributed by atoms with van der Waals surface area (Å²) in [6.45, 7) is 12.2. The minimum atomic E-state index is -2.84. The third-order valence-electron chi connectivity index (χ3n) is 9.56. The van der Waals surface area contributed by atoms with Gasteiger partial charge in [0.05, 0.1) is 22.7 Å². The van der Waals surface area contributed by atoms with E-state index in [1.54, 1.807) is 24.7 Å². The van der Waals surface area contributed by atoms with Crippen LogP contribution in [0.2, 0.25) is 0 Å². The first kappa shape index (κ1) is 34.7. The summed E-state index contributed by atoms with van der Waals surface area (Å²) in [7, 11) is -2.31. The van der Waals surface area contributed by atoms with Gasteiger partial charge in [0.25, 0.3) is 0 Å². The second-order valence-electron chi connectivity index (χ2n) is 13.4. The maximum absolute atomic E-state index is 15.2. The lowest BCUT2D eigenvalue weighted by atomic mass is 9.90. The zero-order chi connectivity index (χ0) is 36.7. The predicted octanol–water partition coefficient (Wildman–Crippen LogP) is 9.92. The Bertz CT molecular complexity index is 2320. The zero-order valence-electron chi connectivity index (χ0n) is 30.0. The second kappa shape index (κ2) is 14.1. The molecule has 0 bridgehead atoms. The normalized spacial score (nSPS) is 15.6. The van der Waals surface area contributed by atoms with Crippen molar-refractivity contribution in [2.45, 2.75) is 41.5 Å². The fraction of sp³-hybridized carbons (Fsp3) is 0.143. The van der Waals surface area contributed by atoms with Gasteiger partial charge in [-0.25, -0.2) is 13.1 Å². The van der Waals surface area contributed by atoms with Crippen LogP contribution in [0.1, 0.15) is 55.9 Å². The van der Waals surface area contributed by atoms with Crippen LogP contribution in [0.3, 0.4) is 0 Å². The number of rotatable bonds is 9. The van der Waals surface area contributed by atoms with Crippen LogP contribution >= 0.6 is 0 Å². The molecule has 2 aliphatic rings. The van der Waals surface area contributed by atoms with Crippen LogP contribution in [0, 0.1) is 41.5 Å². The van der Waals surface area contributed by atoms with E-state index in [4.69, 9.17) is 0 Å². The Kier molecular flexibility index (Phi) is 9.40. The number of benzene rings is 3. The van der Waals surface area contributed by atoms with Crippen molar-refractivity contribution >= 4 is 50.0 Å². The maximum atomic E-state index is 15.2.